The number of hydrogen-bond acceptors (Lipinski definition) is 2. The van der Waals surface area contributed by atoms with Crippen LogP contribution in [0.25, 0.3) is 0 Å². The smallest absolute Gasteiger partial charge is 0.317 e. The molecule has 4 heteroatoms. The number of rotatable bonds is 4. The van der Waals surface area contributed by atoms with Crippen molar-refractivity contribution in [2.24, 2.45) is 0 Å². The Morgan fingerprint density at radius 1 is 1.14 bits per heavy atom. The number of hydrogen-bond donors (Lipinski definition) is 1. The van der Waals surface area contributed by atoms with Gasteiger partial charge in [0.15, 0.2) is 0 Å². The van der Waals surface area contributed by atoms with Gasteiger partial charge in [0, 0.05) is 24.5 Å². The van der Waals surface area contributed by atoms with Crippen LogP contribution >= 0.6 is 11.3 Å². The van der Waals surface area contributed by atoms with Crippen LogP contribution in [0.5, 0.6) is 0 Å². The zero-order valence-corrected chi connectivity index (χ0v) is 13.5. The first-order chi connectivity index (χ1) is 10.8. The average molecular weight is 314 g/mol. The quantitative estimate of drug-likeness (QED) is 0.912. The molecule has 1 aliphatic heterocycles. The number of amides is 2. The highest BCUT2D eigenvalue weighted by atomic mass is 32.1. The summed E-state index contributed by atoms with van der Waals surface area (Å²) in [5.74, 6) is 0.633. The van der Waals surface area contributed by atoms with Gasteiger partial charge < -0.3 is 10.2 Å². The molecular formula is C18H22N2OS. The molecule has 0 aliphatic carbocycles. The first-order valence-electron chi connectivity index (χ1n) is 7.93. The molecule has 2 heterocycles. The summed E-state index contributed by atoms with van der Waals surface area (Å²) in [5, 5.41) is 5.18. The lowest BCUT2D eigenvalue weighted by atomic mass is 9.95. The first kappa shape index (κ1) is 15.1. The molecule has 0 bridgehead atoms. The van der Waals surface area contributed by atoms with E-state index in [1.165, 1.54) is 10.4 Å². The third-order valence-corrected chi connectivity index (χ3v) is 5.30. The number of benzene rings is 1. The fourth-order valence-electron chi connectivity index (χ4n) is 2.96. The molecule has 1 fully saturated rings. The number of carbonyl (C=O) groups is 1. The number of urea groups is 1. The number of likely N-dealkylation sites (tertiary alicyclic amines) is 1. The van der Waals surface area contributed by atoms with Crippen LogP contribution in [0.4, 0.5) is 4.79 Å². The van der Waals surface area contributed by atoms with E-state index in [9.17, 15) is 4.79 Å². The van der Waals surface area contributed by atoms with Gasteiger partial charge in [-0.05, 0) is 42.2 Å². The highest BCUT2D eigenvalue weighted by molar-refractivity contribution is 7.10. The number of nitrogens with one attached hydrogen (secondary N) is 1. The summed E-state index contributed by atoms with van der Waals surface area (Å²) < 4.78 is 0. The molecule has 1 aliphatic rings. The van der Waals surface area contributed by atoms with Crippen LogP contribution in [0, 0.1) is 0 Å². The van der Waals surface area contributed by atoms with Gasteiger partial charge in [-0.3, -0.25) is 0 Å². The molecule has 1 aromatic carbocycles. The summed E-state index contributed by atoms with van der Waals surface area (Å²) in [5.41, 5.74) is 1.26. The van der Waals surface area contributed by atoms with E-state index in [-0.39, 0.29) is 6.03 Å². The van der Waals surface area contributed by atoms with Crippen molar-refractivity contribution in [3.8, 4) is 0 Å². The Labute approximate surface area is 136 Å². The molecule has 1 saturated heterocycles. The van der Waals surface area contributed by atoms with E-state index in [1.54, 1.807) is 0 Å². The summed E-state index contributed by atoms with van der Waals surface area (Å²) in [4.78, 5) is 15.6. The van der Waals surface area contributed by atoms with Crippen LogP contribution in [0.1, 0.15) is 29.2 Å². The van der Waals surface area contributed by atoms with Crippen molar-refractivity contribution in [1.29, 1.82) is 0 Å². The number of nitrogens with zero attached hydrogens (tertiary/aromatic N) is 1. The molecule has 1 N–H and O–H groups in total. The van der Waals surface area contributed by atoms with Crippen LogP contribution in [0.2, 0.25) is 0 Å². The molecule has 2 amide bonds. The SMILES string of the molecule is O=C(NCCc1ccccc1)N1CCC(c2cccs2)CC1. The number of carbonyl (C=O) groups excluding carboxylic acids is 1. The number of piperidine rings is 1. The molecule has 3 nitrogen and oxygen atoms in total. The van der Waals surface area contributed by atoms with E-state index in [4.69, 9.17) is 0 Å². The summed E-state index contributed by atoms with van der Waals surface area (Å²) in [7, 11) is 0. The number of thiophene rings is 1. The van der Waals surface area contributed by atoms with Crippen LogP contribution in [0.15, 0.2) is 47.8 Å². The summed E-state index contributed by atoms with van der Waals surface area (Å²) in [6.45, 7) is 2.42. The molecule has 0 radical (unpaired) electrons. The second kappa shape index (κ2) is 7.45. The van der Waals surface area contributed by atoms with Crippen molar-refractivity contribution < 1.29 is 4.79 Å². The zero-order valence-electron chi connectivity index (χ0n) is 12.7. The van der Waals surface area contributed by atoms with Gasteiger partial charge in [-0.25, -0.2) is 4.79 Å². The van der Waals surface area contributed by atoms with Gasteiger partial charge in [0.2, 0.25) is 0 Å². The maximum Gasteiger partial charge on any atom is 0.317 e. The molecule has 22 heavy (non-hydrogen) atoms. The summed E-state index contributed by atoms with van der Waals surface area (Å²) in [6, 6.07) is 14.7. The Morgan fingerprint density at radius 3 is 2.59 bits per heavy atom. The van der Waals surface area contributed by atoms with E-state index >= 15 is 0 Å². The minimum Gasteiger partial charge on any atom is -0.338 e. The van der Waals surface area contributed by atoms with Crippen LogP contribution in [-0.4, -0.2) is 30.6 Å². The maximum absolute atomic E-state index is 12.2. The van der Waals surface area contributed by atoms with E-state index in [2.05, 4.69) is 35.0 Å². The minimum atomic E-state index is 0.0839. The van der Waals surface area contributed by atoms with Crippen molar-refractivity contribution >= 4 is 17.4 Å². The Morgan fingerprint density at radius 2 is 1.91 bits per heavy atom. The molecule has 0 saturated carbocycles. The topological polar surface area (TPSA) is 32.3 Å². The Kier molecular flexibility index (Phi) is 5.11. The summed E-state index contributed by atoms with van der Waals surface area (Å²) in [6.07, 6.45) is 3.04. The Bertz CT molecular complexity index is 574. The molecular weight excluding hydrogens is 292 g/mol. The van der Waals surface area contributed by atoms with Crippen molar-refractivity contribution in [2.45, 2.75) is 25.2 Å². The molecule has 0 atom stereocenters. The highest BCUT2D eigenvalue weighted by Gasteiger charge is 2.23. The van der Waals surface area contributed by atoms with E-state index < -0.39 is 0 Å². The second-order valence-electron chi connectivity index (χ2n) is 5.74. The monoisotopic (exact) mass is 314 g/mol. The standard InChI is InChI=1S/C18H22N2OS/c21-18(19-11-8-15-5-2-1-3-6-15)20-12-9-16(10-13-20)17-7-4-14-22-17/h1-7,14,16H,8-13H2,(H,19,21). The molecule has 2 aromatic rings. The largest absolute Gasteiger partial charge is 0.338 e. The van der Waals surface area contributed by atoms with Crippen LogP contribution < -0.4 is 5.32 Å². The molecule has 116 valence electrons. The molecule has 3 rings (SSSR count). The average Bonchev–Trinajstić information content (AvgIpc) is 3.10. The van der Waals surface area contributed by atoms with Crippen molar-refractivity contribution in [2.75, 3.05) is 19.6 Å². The summed E-state index contributed by atoms with van der Waals surface area (Å²) >= 11 is 1.83. The van der Waals surface area contributed by atoms with Crippen molar-refractivity contribution in [3.05, 3.63) is 58.3 Å². The van der Waals surface area contributed by atoms with Gasteiger partial charge in [0.05, 0.1) is 0 Å². The van der Waals surface area contributed by atoms with Gasteiger partial charge in [0.1, 0.15) is 0 Å². The molecule has 0 spiro atoms. The van der Waals surface area contributed by atoms with Crippen LogP contribution in [-0.2, 0) is 6.42 Å². The Balaban J connectivity index is 1.40. The van der Waals surface area contributed by atoms with Gasteiger partial charge >= 0.3 is 6.03 Å². The third kappa shape index (κ3) is 3.89. The highest BCUT2D eigenvalue weighted by Crippen LogP contribution is 2.30. The van der Waals surface area contributed by atoms with E-state index in [0.29, 0.717) is 12.5 Å². The maximum atomic E-state index is 12.2. The van der Waals surface area contributed by atoms with Crippen molar-refractivity contribution in [1.82, 2.24) is 10.2 Å². The fraction of sp³-hybridized carbons (Fsp3) is 0.389. The molecule has 0 unspecified atom stereocenters. The normalized spacial score (nSPS) is 15.7. The van der Waals surface area contributed by atoms with E-state index in [1.807, 2.05) is 34.4 Å². The van der Waals surface area contributed by atoms with Gasteiger partial charge in [-0.1, -0.05) is 36.4 Å². The third-order valence-electron chi connectivity index (χ3n) is 4.26. The lowest BCUT2D eigenvalue weighted by Gasteiger charge is -2.31. The zero-order chi connectivity index (χ0) is 15.2. The van der Waals surface area contributed by atoms with Gasteiger partial charge in [-0.15, -0.1) is 11.3 Å². The van der Waals surface area contributed by atoms with Crippen LogP contribution in [0.3, 0.4) is 0 Å². The minimum absolute atomic E-state index is 0.0839. The van der Waals surface area contributed by atoms with Gasteiger partial charge in [-0.2, -0.15) is 0 Å². The predicted octanol–water partition coefficient (Wildman–Crippen LogP) is 3.88. The lowest BCUT2D eigenvalue weighted by Crippen LogP contribution is -2.44. The van der Waals surface area contributed by atoms with Gasteiger partial charge in [0.25, 0.3) is 0 Å². The second-order valence-corrected chi connectivity index (χ2v) is 6.72. The lowest BCUT2D eigenvalue weighted by molar-refractivity contribution is 0.182. The molecule has 1 aromatic heterocycles. The predicted molar refractivity (Wildman–Crippen MR) is 91.4 cm³/mol. The fourth-order valence-corrected chi connectivity index (χ4v) is 3.86. The first-order valence-corrected chi connectivity index (χ1v) is 8.81. The Hall–Kier alpha value is -1.81. The van der Waals surface area contributed by atoms with E-state index in [0.717, 1.165) is 32.4 Å². The van der Waals surface area contributed by atoms with Crippen molar-refractivity contribution in [3.63, 3.8) is 0 Å².